The third-order valence-electron chi connectivity index (χ3n) is 3.79. The van der Waals surface area contributed by atoms with Crippen molar-refractivity contribution in [2.45, 2.75) is 39.0 Å². The minimum atomic E-state index is -0.332. The highest BCUT2D eigenvalue weighted by atomic mass is 32.1. The fraction of sp³-hybridized carbons (Fsp3) is 0.444. The Bertz CT molecular complexity index is 728. The Morgan fingerprint density at radius 2 is 1.88 bits per heavy atom. The normalized spacial score (nSPS) is 10.6. The predicted molar refractivity (Wildman–Crippen MR) is 102 cm³/mol. The summed E-state index contributed by atoms with van der Waals surface area (Å²) in [6.45, 7) is 4.78. The van der Waals surface area contributed by atoms with Crippen LogP contribution in [0.25, 0.3) is 10.6 Å². The predicted octanol–water partition coefficient (Wildman–Crippen LogP) is 3.79. The Morgan fingerprint density at radius 1 is 1.15 bits per heavy atom. The van der Waals surface area contributed by atoms with Gasteiger partial charge in [-0.25, -0.2) is 4.79 Å². The van der Waals surface area contributed by atoms with Crippen molar-refractivity contribution in [1.82, 2.24) is 15.5 Å². The number of unbranched alkanes of at least 4 members (excludes halogenated alkanes) is 1. The second-order valence-corrected chi connectivity index (χ2v) is 7.08. The molecule has 0 saturated heterocycles. The van der Waals surface area contributed by atoms with Crippen LogP contribution in [-0.4, -0.2) is 35.9 Å². The molecule has 0 saturated carbocycles. The van der Waals surface area contributed by atoms with Crippen LogP contribution in [0.5, 0.6) is 0 Å². The fourth-order valence-corrected chi connectivity index (χ4v) is 2.98. The summed E-state index contributed by atoms with van der Waals surface area (Å²) in [5.74, 6) is 0.240. The third-order valence-corrected chi connectivity index (χ3v) is 4.68. The first kappa shape index (κ1) is 19.8. The molecule has 0 aliphatic carbocycles. The van der Waals surface area contributed by atoms with Crippen molar-refractivity contribution in [2.24, 2.45) is 0 Å². The number of rotatable bonds is 8. The number of hydrogen-bond acceptors (Lipinski definition) is 6. The first-order valence-electron chi connectivity index (χ1n) is 8.55. The summed E-state index contributed by atoms with van der Waals surface area (Å²) in [6.07, 6.45) is 1.73. The van der Waals surface area contributed by atoms with E-state index in [0.717, 1.165) is 10.6 Å². The number of anilines is 1. The Balaban J connectivity index is 1.78. The van der Waals surface area contributed by atoms with Crippen molar-refractivity contribution in [1.29, 1.82) is 0 Å². The van der Waals surface area contributed by atoms with Gasteiger partial charge in [0.1, 0.15) is 5.01 Å². The van der Waals surface area contributed by atoms with Gasteiger partial charge < -0.3 is 10.1 Å². The largest absolute Gasteiger partial charge is 0.469 e. The Morgan fingerprint density at radius 3 is 2.54 bits per heavy atom. The number of hydrogen-bond donors (Lipinski definition) is 2. The summed E-state index contributed by atoms with van der Waals surface area (Å²) in [7, 11) is 1.36. The number of urea groups is 1. The van der Waals surface area contributed by atoms with E-state index in [9.17, 15) is 9.59 Å². The lowest BCUT2D eigenvalue weighted by molar-refractivity contribution is -0.140. The van der Waals surface area contributed by atoms with Crippen molar-refractivity contribution >= 4 is 28.5 Å². The lowest BCUT2D eigenvalue weighted by Crippen LogP contribution is -2.29. The molecular weight excluding hydrogens is 352 g/mol. The first-order chi connectivity index (χ1) is 12.5. The highest BCUT2D eigenvalue weighted by molar-refractivity contribution is 7.18. The van der Waals surface area contributed by atoms with Crippen LogP contribution in [-0.2, 0) is 9.53 Å². The van der Waals surface area contributed by atoms with Gasteiger partial charge in [-0.15, -0.1) is 10.2 Å². The number of methoxy groups -OCH3 is 1. The minimum absolute atomic E-state index is 0.239. The van der Waals surface area contributed by atoms with Crippen molar-refractivity contribution in [2.75, 3.05) is 19.0 Å². The maximum Gasteiger partial charge on any atom is 0.321 e. The Labute approximate surface area is 157 Å². The molecule has 1 aromatic heterocycles. The first-order valence-corrected chi connectivity index (χ1v) is 9.36. The molecule has 7 nitrogen and oxygen atoms in total. The van der Waals surface area contributed by atoms with Gasteiger partial charge in [0, 0.05) is 18.5 Å². The van der Waals surface area contributed by atoms with Crippen LogP contribution in [0, 0.1) is 0 Å². The molecule has 0 spiro atoms. The second-order valence-electron chi connectivity index (χ2n) is 6.10. The van der Waals surface area contributed by atoms with E-state index in [4.69, 9.17) is 0 Å². The quantitative estimate of drug-likeness (QED) is 0.540. The fourth-order valence-electron chi connectivity index (χ4n) is 2.24. The summed E-state index contributed by atoms with van der Waals surface area (Å²) >= 11 is 1.32. The van der Waals surface area contributed by atoms with Crippen molar-refractivity contribution < 1.29 is 14.3 Å². The molecule has 0 bridgehead atoms. The van der Waals surface area contributed by atoms with Crippen molar-refractivity contribution in [3.63, 3.8) is 0 Å². The van der Waals surface area contributed by atoms with E-state index >= 15 is 0 Å². The number of amides is 2. The van der Waals surface area contributed by atoms with Gasteiger partial charge in [-0.05, 0) is 24.3 Å². The molecule has 0 atom stereocenters. The molecule has 0 unspecified atom stereocenters. The van der Waals surface area contributed by atoms with Crippen LogP contribution < -0.4 is 10.6 Å². The summed E-state index contributed by atoms with van der Waals surface area (Å²) in [6, 6.07) is 7.86. The number of carbonyl (C=O) groups is 2. The van der Waals surface area contributed by atoms with Gasteiger partial charge in [0.25, 0.3) is 0 Å². The molecule has 2 N–H and O–H groups in total. The standard InChI is InChI=1S/C18H24N4O3S/c1-12(2)13-7-9-14(10-8-13)16-21-22-18(26-16)20-17(24)19-11-5-4-6-15(23)25-3/h7-10,12H,4-6,11H2,1-3H3,(H2,19,20,22,24). The van der Waals surface area contributed by atoms with Crippen molar-refractivity contribution in [3.05, 3.63) is 29.8 Å². The zero-order valence-electron chi connectivity index (χ0n) is 15.2. The van der Waals surface area contributed by atoms with E-state index in [1.165, 1.54) is 24.0 Å². The molecule has 1 aromatic carbocycles. The van der Waals surface area contributed by atoms with Crippen LogP contribution in [0.2, 0.25) is 0 Å². The number of aromatic nitrogens is 2. The Hall–Kier alpha value is -2.48. The van der Waals surface area contributed by atoms with Crippen LogP contribution in [0.3, 0.4) is 0 Å². The number of benzene rings is 1. The molecule has 140 valence electrons. The Kier molecular flexibility index (Phi) is 7.53. The molecule has 2 aromatic rings. The van der Waals surface area contributed by atoms with Gasteiger partial charge in [-0.1, -0.05) is 49.4 Å². The van der Waals surface area contributed by atoms with E-state index in [0.29, 0.717) is 36.9 Å². The number of nitrogens with one attached hydrogen (secondary N) is 2. The van der Waals surface area contributed by atoms with E-state index < -0.39 is 0 Å². The molecule has 2 amide bonds. The third kappa shape index (κ3) is 6.11. The van der Waals surface area contributed by atoms with Gasteiger partial charge in [0.2, 0.25) is 5.13 Å². The van der Waals surface area contributed by atoms with E-state index in [1.807, 2.05) is 12.1 Å². The molecule has 8 heteroatoms. The van der Waals surface area contributed by atoms with E-state index in [-0.39, 0.29) is 12.0 Å². The minimum Gasteiger partial charge on any atom is -0.469 e. The van der Waals surface area contributed by atoms with Crippen LogP contribution in [0.15, 0.2) is 24.3 Å². The van der Waals surface area contributed by atoms with E-state index in [2.05, 4.69) is 51.5 Å². The molecule has 1 heterocycles. The average molecular weight is 376 g/mol. The number of esters is 1. The number of ether oxygens (including phenoxy) is 1. The monoisotopic (exact) mass is 376 g/mol. The number of nitrogens with zero attached hydrogens (tertiary/aromatic N) is 2. The molecular formula is C18H24N4O3S. The topological polar surface area (TPSA) is 93.2 Å². The molecule has 2 rings (SSSR count). The van der Waals surface area contributed by atoms with Crippen LogP contribution in [0.4, 0.5) is 9.93 Å². The van der Waals surface area contributed by atoms with Gasteiger partial charge in [0.05, 0.1) is 7.11 Å². The van der Waals surface area contributed by atoms with Gasteiger partial charge >= 0.3 is 12.0 Å². The van der Waals surface area contributed by atoms with Gasteiger partial charge in [-0.3, -0.25) is 10.1 Å². The summed E-state index contributed by atoms with van der Waals surface area (Å²) in [5.41, 5.74) is 2.24. The van der Waals surface area contributed by atoms with Gasteiger partial charge in [0.15, 0.2) is 0 Å². The SMILES string of the molecule is COC(=O)CCCCNC(=O)Nc1nnc(-c2ccc(C(C)C)cc2)s1. The lowest BCUT2D eigenvalue weighted by atomic mass is 10.0. The molecule has 0 aliphatic heterocycles. The van der Waals surface area contributed by atoms with Gasteiger partial charge in [-0.2, -0.15) is 0 Å². The van der Waals surface area contributed by atoms with Crippen molar-refractivity contribution in [3.8, 4) is 10.6 Å². The maximum absolute atomic E-state index is 11.9. The summed E-state index contributed by atoms with van der Waals surface area (Å²) in [5, 5.41) is 14.7. The lowest BCUT2D eigenvalue weighted by Gasteiger charge is -2.05. The summed E-state index contributed by atoms with van der Waals surface area (Å²) < 4.78 is 4.56. The zero-order chi connectivity index (χ0) is 18.9. The zero-order valence-corrected chi connectivity index (χ0v) is 16.1. The highest BCUT2D eigenvalue weighted by Gasteiger charge is 2.10. The second kappa shape index (κ2) is 9.86. The van der Waals surface area contributed by atoms with Crippen LogP contribution >= 0.6 is 11.3 Å². The molecule has 0 fully saturated rings. The maximum atomic E-state index is 11.9. The van der Waals surface area contributed by atoms with Crippen LogP contribution in [0.1, 0.15) is 44.6 Å². The number of carbonyl (C=O) groups excluding carboxylic acids is 2. The smallest absolute Gasteiger partial charge is 0.321 e. The average Bonchev–Trinajstić information content (AvgIpc) is 3.09. The highest BCUT2D eigenvalue weighted by Crippen LogP contribution is 2.27. The van der Waals surface area contributed by atoms with E-state index in [1.54, 1.807) is 0 Å². The molecule has 0 radical (unpaired) electrons. The summed E-state index contributed by atoms with van der Waals surface area (Å²) in [4.78, 5) is 22.8. The molecule has 0 aliphatic rings. The molecule has 26 heavy (non-hydrogen) atoms.